The lowest BCUT2D eigenvalue weighted by atomic mass is 10.1. The standard InChI is InChI=1S/C21H21FN6O/c1-13(2)28-12-25-17-20(24-11-9-14-5-7-15(29)8-6-14)26-19(27-21(17)28)16-4-3-10-23-18(16)22/h3-8,10,12-13,29H,9,11H2,1-2H3,(H,24,26,27). The SMILES string of the molecule is CC(C)n1cnc2c(NCCc3ccc(O)cc3)nc(-c3cccnc3F)nc21. The van der Waals surface area contributed by atoms with Gasteiger partial charge in [0.25, 0.3) is 0 Å². The predicted octanol–water partition coefficient (Wildman–Crippen LogP) is 3.97. The number of imidazole rings is 1. The fourth-order valence-corrected chi connectivity index (χ4v) is 3.08. The third-order valence-corrected chi connectivity index (χ3v) is 4.62. The average molecular weight is 392 g/mol. The Hall–Kier alpha value is -3.55. The van der Waals surface area contributed by atoms with E-state index in [4.69, 9.17) is 0 Å². The van der Waals surface area contributed by atoms with Crippen molar-refractivity contribution in [2.24, 2.45) is 0 Å². The molecule has 0 atom stereocenters. The number of rotatable bonds is 6. The van der Waals surface area contributed by atoms with Gasteiger partial charge in [0.05, 0.1) is 11.9 Å². The van der Waals surface area contributed by atoms with Gasteiger partial charge in [-0.05, 0) is 50.1 Å². The van der Waals surface area contributed by atoms with Crippen molar-refractivity contribution in [2.75, 3.05) is 11.9 Å². The molecule has 3 aromatic heterocycles. The average Bonchev–Trinajstić information content (AvgIpc) is 3.14. The van der Waals surface area contributed by atoms with Crippen LogP contribution in [0, 0.1) is 5.95 Å². The van der Waals surface area contributed by atoms with Gasteiger partial charge in [-0.3, -0.25) is 0 Å². The third kappa shape index (κ3) is 3.87. The fraction of sp³-hybridized carbons (Fsp3) is 0.238. The summed E-state index contributed by atoms with van der Waals surface area (Å²) in [5.41, 5.74) is 2.59. The number of anilines is 1. The quantitative estimate of drug-likeness (QED) is 0.483. The van der Waals surface area contributed by atoms with E-state index >= 15 is 0 Å². The second kappa shape index (κ2) is 7.83. The van der Waals surface area contributed by atoms with E-state index in [0.717, 1.165) is 12.0 Å². The van der Waals surface area contributed by atoms with Crippen molar-refractivity contribution < 1.29 is 9.50 Å². The van der Waals surface area contributed by atoms with Crippen LogP contribution in [-0.2, 0) is 6.42 Å². The van der Waals surface area contributed by atoms with Crippen LogP contribution in [0.3, 0.4) is 0 Å². The molecule has 0 fully saturated rings. The molecule has 0 unspecified atom stereocenters. The number of nitrogens with one attached hydrogen (secondary N) is 1. The molecule has 2 N–H and O–H groups in total. The smallest absolute Gasteiger partial charge is 0.223 e. The van der Waals surface area contributed by atoms with E-state index in [1.165, 1.54) is 6.20 Å². The number of fused-ring (bicyclic) bond motifs is 1. The molecule has 29 heavy (non-hydrogen) atoms. The summed E-state index contributed by atoms with van der Waals surface area (Å²) < 4.78 is 16.2. The lowest BCUT2D eigenvalue weighted by molar-refractivity contribution is 0.475. The molecule has 0 saturated carbocycles. The topological polar surface area (TPSA) is 88.8 Å². The summed E-state index contributed by atoms with van der Waals surface area (Å²) in [4.78, 5) is 17.3. The molecular weight excluding hydrogens is 371 g/mol. The molecule has 0 saturated heterocycles. The number of hydrogen-bond donors (Lipinski definition) is 2. The maximum Gasteiger partial charge on any atom is 0.223 e. The zero-order valence-electron chi connectivity index (χ0n) is 16.2. The van der Waals surface area contributed by atoms with Gasteiger partial charge >= 0.3 is 0 Å². The van der Waals surface area contributed by atoms with Gasteiger partial charge in [-0.15, -0.1) is 0 Å². The fourth-order valence-electron chi connectivity index (χ4n) is 3.08. The highest BCUT2D eigenvalue weighted by Crippen LogP contribution is 2.26. The van der Waals surface area contributed by atoms with E-state index < -0.39 is 5.95 Å². The normalized spacial score (nSPS) is 11.3. The highest BCUT2D eigenvalue weighted by molar-refractivity contribution is 5.85. The molecule has 0 radical (unpaired) electrons. The Bertz CT molecular complexity index is 1140. The van der Waals surface area contributed by atoms with Crippen molar-refractivity contribution in [2.45, 2.75) is 26.3 Å². The molecule has 3 heterocycles. The lowest BCUT2D eigenvalue weighted by Gasteiger charge is -2.11. The van der Waals surface area contributed by atoms with Gasteiger partial charge in [-0.25, -0.2) is 19.9 Å². The largest absolute Gasteiger partial charge is 0.508 e. The Morgan fingerprint density at radius 2 is 1.90 bits per heavy atom. The van der Waals surface area contributed by atoms with Gasteiger partial charge in [0.1, 0.15) is 11.3 Å². The Morgan fingerprint density at radius 3 is 2.62 bits per heavy atom. The molecule has 4 rings (SSSR count). The van der Waals surface area contributed by atoms with Crippen LogP contribution in [0.15, 0.2) is 48.9 Å². The first-order valence-corrected chi connectivity index (χ1v) is 9.40. The zero-order chi connectivity index (χ0) is 20.4. The number of benzene rings is 1. The molecule has 4 aromatic rings. The third-order valence-electron chi connectivity index (χ3n) is 4.62. The number of hydrogen-bond acceptors (Lipinski definition) is 6. The first kappa shape index (κ1) is 18.8. The zero-order valence-corrected chi connectivity index (χ0v) is 16.2. The molecule has 0 aliphatic carbocycles. The Morgan fingerprint density at radius 1 is 1.10 bits per heavy atom. The monoisotopic (exact) mass is 392 g/mol. The van der Waals surface area contributed by atoms with Gasteiger partial charge in [0.2, 0.25) is 5.95 Å². The Balaban J connectivity index is 1.69. The molecule has 0 spiro atoms. The van der Waals surface area contributed by atoms with Gasteiger partial charge < -0.3 is 15.0 Å². The highest BCUT2D eigenvalue weighted by atomic mass is 19.1. The van der Waals surface area contributed by atoms with E-state index in [1.807, 2.05) is 30.5 Å². The first-order chi connectivity index (χ1) is 14.0. The van der Waals surface area contributed by atoms with E-state index in [0.29, 0.717) is 23.5 Å². The lowest BCUT2D eigenvalue weighted by Crippen LogP contribution is -2.09. The number of aromatic hydroxyl groups is 1. The van der Waals surface area contributed by atoms with Gasteiger partial charge in [0.15, 0.2) is 17.3 Å². The van der Waals surface area contributed by atoms with Crippen LogP contribution in [0.5, 0.6) is 5.75 Å². The molecule has 1 aromatic carbocycles. The van der Waals surface area contributed by atoms with E-state index in [2.05, 4.69) is 25.3 Å². The first-order valence-electron chi connectivity index (χ1n) is 9.40. The molecule has 8 heteroatoms. The predicted molar refractivity (Wildman–Crippen MR) is 109 cm³/mol. The number of halogens is 1. The number of pyridine rings is 1. The van der Waals surface area contributed by atoms with Crippen molar-refractivity contribution in [1.29, 1.82) is 0 Å². The minimum absolute atomic E-state index is 0.145. The van der Waals surface area contributed by atoms with Crippen molar-refractivity contribution in [3.63, 3.8) is 0 Å². The van der Waals surface area contributed by atoms with Crippen LogP contribution in [0.4, 0.5) is 10.2 Å². The summed E-state index contributed by atoms with van der Waals surface area (Å²) in [5, 5.41) is 12.7. The number of phenols is 1. The van der Waals surface area contributed by atoms with Crippen LogP contribution in [0.2, 0.25) is 0 Å². The number of aromatic nitrogens is 5. The van der Waals surface area contributed by atoms with Gasteiger partial charge in [-0.1, -0.05) is 12.1 Å². The summed E-state index contributed by atoms with van der Waals surface area (Å²) >= 11 is 0. The minimum Gasteiger partial charge on any atom is -0.508 e. The van der Waals surface area contributed by atoms with Crippen LogP contribution in [0.25, 0.3) is 22.6 Å². The number of phenolic OH excluding ortho intramolecular Hbond substituents is 1. The summed E-state index contributed by atoms with van der Waals surface area (Å²) in [6.45, 7) is 4.66. The van der Waals surface area contributed by atoms with Gasteiger partial charge in [-0.2, -0.15) is 4.39 Å². The number of nitrogens with zero attached hydrogens (tertiary/aromatic N) is 5. The van der Waals surface area contributed by atoms with Crippen LogP contribution < -0.4 is 5.32 Å². The van der Waals surface area contributed by atoms with E-state index in [-0.39, 0.29) is 23.2 Å². The summed E-state index contributed by atoms with van der Waals surface area (Å²) in [5.74, 6) is 0.433. The maximum atomic E-state index is 14.2. The molecule has 0 bridgehead atoms. The van der Waals surface area contributed by atoms with Crippen molar-refractivity contribution in [3.8, 4) is 17.1 Å². The molecule has 0 amide bonds. The molecule has 0 aliphatic heterocycles. The Labute approximate surface area is 167 Å². The summed E-state index contributed by atoms with van der Waals surface area (Å²) in [6, 6.07) is 10.5. The summed E-state index contributed by atoms with van der Waals surface area (Å²) in [7, 11) is 0. The molecule has 148 valence electrons. The molecular formula is C21H21FN6O. The van der Waals surface area contributed by atoms with Crippen molar-refractivity contribution >= 4 is 17.0 Å². The van der Waals surface area contributed by atoms with Gasteiger partial charge in [0, 0.05) is 18.8 Å². The van der Waals surface area contributed by atoms with Crippen molar-refractivity contribution in [1.82, 2.24) is 24.5 Å². The van der Waals surface area contributed by atoms with Crippen LogP contribution >= 0.6 is 0 Å². The molecule has 0 aliphatic rings. The summed E-state index contributed by atoms with van der Waals surface area (Å²) in [6.07, 6.45) is 3.85. The van der Waals surface area contributed by atoms with E-state index in [9.17, 15) is 9.50 Å². The molecule has 7 nitrogen and oxygen atoms in total. The maximum absolute atomic E-state index is 14.2. The second-order valence-electron chi connectivity index (χ2n) is 7.00. The minimum atomic E-state index is -0.613. The van der Waals surface area contributed by atoms with Crippen molar-refractivity contribution in [3.05, 3.63) is 60.4 Å². The van der Waals surface area contributed by atoms with Crippen LogP contribution in [0.1, 0.15) is 25.5 Å². The van der Waals surface area contributed by atoms with E-state index in [1.54, 1.807) is 30.6 Å². The highest BCUT2D eigenvalue weighted by Gasteiger charge is 2.17. The van der Waals surface area contributed by atoms with Crippen LogP contribution in [-0.4, -0.2) is 36.2 Å². The second-order valence-corrected chi connectivity index (χ2v) is 7.00. The Kier molecular flexibility index (Phi) is 5.07.